The second-order valence-electron chi connectivity index (χ2n) is 4.92. The van der Waals surface area contributed by atoms with Crippen LogP contribution in [-0.4, -0.2) is 42.5 Å². The number of pyridine rings is 1. The second-order valence-corrected chi connectivity index (χ2v) is 4.92. The zero-order valence-corrected chi connectivity index (χ0v) is 12.2. The molecular weight excluding hydrogens is 262 g/mol. The van der Waals surface area contributed by atoms with Crippen LogP contribution in [0.25, 0.3) is 0 Å². The maximum Gasteiger partial charge on any atom is 0.227 e. The molecule has 0 spiro atoms. The van der Waals surface area contributed by atoms with E-state index in [1.807, 2.05) is 24.1 Å². The lowest BCUT2D eigenvalue weighted by atomic mass is 9.96. The highest BCUT2D eigenvalue weighted by Crippen LogP contribution is 2.17. The molecule has 1 aromatic heterocycles. The fourth-order valence-electron chi connectivity index (χ4n) is 2.46. The van der Waals surface area contributed by atoms with Crippen LogP contribution in [0.3, 0.4) is 0 Å². The standard InChI is InChI=1S/C14H21N3O.ClH/c1-15-10-12-4-7-17(8-5-12)14(18)9-13-3-2-6-16-11-13;/h2-3,6,11-12,15H,4-5,7-10H2,1H3;1H. The molecule has 1 aromatic rings. The Kier molecular flexibility index (Phi) is 6.81. The molecule has 1 aliphatic rings. The average Bonchev–Trinajstić information content (AvgIpc) is 2.41. The molecule has 1 N–H and O–H groups in total. The van der Waals surface area contributed by atoms with Crippen LogP contribution >= 0.6 is 12.4 Å². The Morgan fingerprint density at radius 3 is 2.79 bits per heavy atom. The SMILES string of the molecule is CNCC1CCN(C(=O)Cc2cccnc2)CC1.Cl. The molecular formula is C14H22ClN3O. The van der Waals surface area contributed by atoms with Gasteiger partial charge in [-0.05, 0) is 44.0 Å². The highest BCUT2D eigenvalue weighted by molar-refractivity contribution is 5.85. The molecule has 5 heteroatoms. The second kappa shape index (κ2) is 8.12. The first-order valence-electron chi connectivity index (χ1n) is 6.61. The molecule has 4 nitrogen and oxygen atoms in total. The van der Waals surface area contributed by atoms with Gasteiger partial charge < -0.3 is 10.2 Å². The summed E-state index contributed by atoms with van der Waals surface area (Å²) in [5.74, 6) is 0.948. The maximum absolute atomic E-state index is 12.1. The number of hydrogen-bond acceptors (Lipinski definition) is 3. The first-order chi connectivity index (χ1) is 8.79. The number of nitrogens with zero attached hydrogens (tertiary/aromatic N) is 2. The van der Waals surface area contributed by atoms with Gasteiger partial charge in [0.15, 0.2) is 0 Å². The fourth-order valence-corrected chi connectivity index (χ4v) is 2.46. The average molecular weight is 284 g/mol. The molecule has 0 aliphatic carbocycles. The first-order valence-corrected chi connectivity index (χ1v) is 6.61. The number of hydrogen-bond donors (Lipinski definition) is 1. The van der Waals surface area contributed by atoms with Gasteiger partial charge in [0, 0.05) is 25.5 Å². The van der Waals surface area contributed by atoms with Crippen LogP contribution in [0.2, 0.25) is 0 Å². The minimum absolute atomic E-state index is 0. The van der Waals surface area contributed by atoms with Crippen molar-refractivity contribution in [2.75, 3.05) is 26.7 Å². The van der Waals surface area contributed by atoms with Crippen molar-refractivity contribution in [3.8, 4) is 0 Å². The quantitative estimate of drug-likeness (QED) is 0.911. The number of likely N-dealkylation sites (tertiary alicyclic amines) is 1. The van der Waals surface area contributed by atoms with Crippen molar-refractivity contribution in [3.63, 3.8) is 0 Å². The minimum atomic E-state index is 0. The minimum Gasteiger partial charge on any atom is -0.342 e. The summed E-state index contributed by atoms with van der Waals surface area (Å²) in [6.07, 6.45) is 6.20. The Morgan fingerprint density at radius 2 is 2.21 bits per heavy atom. The van der Waals surface area contributed by atoms with Gasteiger partial charge >= 0.3 is 0 Å². The van der Waals surface area contributed by atoms with Crippen LogP contribution in [0, 0.1) is 5.92 Å². The molecule has 106 valence electrons. The van der Waals surface area contributed by atoms with Gasteiger partial charge in [0.1, 0.15) is 0 Å². The van der Waals surface area contributed by atoms with Gasteiger partial charge in [0.25, 0.3) is 0 Å². The molecule has 1 amide bonds. The number of aromatic nitrogens is 1. The van der Waals surface area contributed by atoms with Gasteiger partial charge in [-0.2, -0.15) is 0 Å². The molecule has 2 heterocycles. The molecule has 1 aliphatic heterocycles. The maximum atomic E-state index is 12.1. The van der Waals surface area contributed by atoms with E-state index in [1.54, 1.807) is 12.4 Å². The summed E-state index contributed by atoms with van der Waals surface area (Å²) in [6.45, 7) is 2.85. The van der Waals surface area contributed by atoms with Crippen molar-refractivity contribution in [3.05, 3.63) is 30.1 Å². The molecule has 1 fully saturated rings. The van der Waals surface area contributed by atoms with Crippen molar-refractivity contribution < 1.29 is 4.79 Å². The van der Waals surface area contributed by atoms with Crippen LogP contribution in [0.4, 0.5) is 0 Å². The van der Waals surface area contributed by atoms with Crippen LogP contribution in [0.15, 0.2) is 24.5 Å². The normalized spacial score (nSPS) is 15.9. The van der Waals surface area contributed by atoms with E-state index in [2.05, 4.69) is 10.3 Å². The van der Waals surface area contributed by atoms with Crippen molar-refractivity contribution >= 4 is 18.3 Å². The Labute approximate surface area is 121 Å². The monoisotopic (exact) mass is 283 g/mol. The molecule has 0 saturated carbocycles. The van der Waals surface area contributed by atoms with Crippen molar-refractivity contribution in [2.24, 2.45) is 5.92 Å². The summed E-state index contributed by atoms with van der Waals surface area (Å²) in [5.41, 5.74) is 1.000. The highest BCUT2D eigenvalue weighted by Gasteiger charge is 2.22. The predicted octanol–water partition coefficient (Wildman–Crippen LogP) is 1.50. The van der Waals surface area contributed by atoms with Gasteiger partial charge in [0.2, 0.25) is 5.91 Å². The number of halogens is 1. The lowest BCUT2D eigenvalue weighted by molar-refractivity contribution is -0.131. The smallest absolute Gasteiger partial charge is 0.227 e. The van der Waals surface area contributed by atoms with E-state index in [0.717, 1.165) is 44.0 Å². The van der Waals surface area contributed by atoms with Gasteiger partial charge in [-0.1, -0.05) is 6.07 Å². The third-order valence-corrected chi connectivity index (χ3v) is 3.54. The highest BCUT2D eigenvalue weighted by atomic mass is 35.5. The van der Waals surface area contributed by atoms with E-state index in [9.17, 15) is 4.79 Å². The van der Waals surface area contributed by atoms with Crippen LogP contribution < -0.4 is 5.32 Å². The zero-order valence-electron chi connectivity index (χ0n) is 11.3. The molecule has 0 unspecified atom stereocenters. The lowest BCUT2D eigenvalue weighted by Crippen LogP contribution is -2.41. The molecule has 19 heavy (non-hydrogen) atoms. The van der Waals surface area contributed by atoms with E-state index in [-0.39, 0.29) is 18.3 Å². The molecule has 0 radical (unpaired) electrons. The molecule has 0 aromatic carbocycles. The van der Waals surface area contributed by atoms with Crippen LogP contribution in [0.1, 0.15) is 18.4 Å². The Morgan fingerprint density at radius 1 is 1.47 bits per heavy atom. The fraction of sp³-hybridized carbons (Fsp3) is 0.571. The molecule has 1 saturated heterocycles. The van der Waals surface area contributed by atoms with Crippen LogP contribution in [0.5, 0.6) is 0 Å². The van der Waals surface area contributed by atoms with Crippen LogP contribution in [-0.2, 0) is 11.2 Å². The molecule has 0 atom stereocenters. The number of piperidine rings is 1. The molecule has 2 rings (SSSR count). The summed E-state index contributed by atoms with van der Waals surface area (Å²) in [4.78, 5) is 18.1. The molecule has 0 bridgehead atoms. The Bertz CT molecular complexity index is 378. The topological polar surface area (TPSA) is 45.2 Å². The van der Waals surface area contributed by atoms with Gasteiger partial charge in [-0.3, -0.25) is 9.78 Å². The Hall–Kier alpha value is -1.13. The van der Waals surface area contributed by atoms with E-state index >= 15 is 0 Å². The predicted molar refractivity (Wildman–Crippen MR) is 78.4 cm³/mol. The van der Waals surface area contributed by atoms with Gasteiger partial charge in [-0.15, -0.1) is 12.4 Å². The summed E-state index contributed by atoms with van der Waals surface area (Å²) in [5, 5.41) is 3.21. The van der Waals surface area contributed by atoms with Crippen molar-refractivity contribution in [1.82, 2.24) is 15.2 Å². The van der Waals surface area contributed by atoms with E-state index in [0.29, 0.717) is 6.42 Å². The summed E-state index contributed by atoms with van der Waals surface area (Å²) in [7, 11) is 1.99. The Balaban J connectivity index is 0.00000180. The third kappa shape index (κ3) is 4.80. The number of rotatable bonds is 4. The number of carbonyl (C=O) groups excluding carboxylic acids is 1. The summed E-state index contributed by atoms with van der Waals surface area (Å²) >= 11 is 0. The lowest BCUT2D eigenvalue weighted by Gasteiger charge is -2.32. The van der Waals surface area contributed by atoms with E-state index in [1.165, 1.54) is 0 Å². The number of nitrogens with one attached hydrogen (secondary N) is 1. The third-order valence-electron chi connectivity index (χ3n) is 3.54. The summed E-state index contributed by atoms with van der Waals surface area (Å²) < 4.78 is 0. The number of carbonyl (C=O) groups is 1. The summed E-state index contributed by atoms with van der Waals surface area (Å²) in [6, 6.07) is 3.83. The van der Waals surface area contributed by atoms with Crippen molar-refractivity contribution in [1.29, 1.82) is 0 Å². The van der Waals surface area contributed by atoms with Gasteiger partial charge in [-0.25, -0.2) is 0 Å². The van der Waals surface area contributed by atoms with E-state index in [4.69, 9.17) is 0 Å². The van der Waals surface area contributed by atoms with Crippen molar-refractivity contribution in [2.45, 2.75) is 19.3 Å². The van der Waals surface area contributed by atoms with E-state index < -0.39 is 0 Å². The first kappa shape index (κ1) is 15.9. The largest absolute Gasteiger partial charge is 0.342 e. The number of amides is 1. The zero-order chi connectivity index (χ0) is 12.8. The van der Waals surface area contributed by atoms with Gasteiger partial charge in [0.05, 0.1) is 6.42 Å².